The number of amides is 1. The first kappa shape index (κ1) is 17.7. The molecule has 0 bridgehead atoms. The molecule has 1 amide bonds. The van der Waals surface area contributed by atoms with Gasteiger partial charge in [-0.05, 0) is 43.9 Å². The first-order chi connectivity index (χ1) is 10.8. The monoisotopic (exact) mass is 340 g/mol. The zero-order valence-corrected chi connectivity index (χ0v) is 14.6. The largest absolute Gasteiger partial charge is 0.376 e. The first-order valence-electron chi connectivity index (χ1n) is 7.71. The summed E-state index contributed by atoms with van der Waals surface area (Å²) in [6.07, 6.45) is 3.07. The smallest absolute Gasteiger partial charge is 0.240 e. The summed E-state index contributed by atoms with van der Waals surface area (Å²) in [4.78, 5) is 12.2. The van der Waals surface area contributed by atoms with Crippen LogP contribution in [0.25, 0.3) is 0 Å². The number of aryl methyl sites for hydroxylation is 1. The second-order valence-corrected chi connectivity index (χ2v) is 7.83. The van der Waals surface area contributed by atoms with E-state index in [2.05, 4.69) is 5.32 Å². The molecule has 128 valence electrons. The average molecular weight is 340 g/mol. The predicted octanol–water partition coefficient (Wildman–Crippen LogP) is 1.36. The molecule has 1 heterocycles. The Morgan fingerprint density at radius 3 is 2.74 bits per heavy atom. The normalized spacial score (nSPS) is 18.0. The van der Waals surface area contributed by atoms with Gasteiger partial charge in [0.15, 0.2) is 0 Å². The third-order valence-corrected chi connectivity index (χ3v) is 5.21. The lowest BCUT2D eigenvalue weighted by molar-refractivity contribution is -0.120. The highest BCUT2D eigenvalue weighted by Crippen LogP contribution is 2.24. The van der Waals surface area contributed by atoms with E-state index < -0.39 is 10.0 Å². The Balaban J connectivity index is 2.10. The quantitative estimate of drug-likeness (QED) is 0.848. The van der Waals surface area contributed by atoms with Crippen LogP contribution in [-0.2, 0) is 19.6 Å². The van der Waals surface area contributed by atoms with Crippen LogP contribution >= 0.6 is 0 Å². The molecule has 1 N–H and O–H groups in total. The lowest BCUT2D eigenvalue weighted by Gasteiger charge is -2.24. The summed E-state index contributed by atoms with van der Waals surface area (Å²) in [6.45, 7) is 4.68. The van der Waals surface area contributed by atoms with Gasteiger partial charge in [0.25, 0.3) is 0 Å². The van der Waals surface area contributed by atoms with Crippen molar-refractivity contribution >= 4 is 21.6 Å². The minimum atomic E-state index is -3.55. The Labute approximate surface area is 137 Å². The van der Waals surface area contributed by atoms with Gasteiger partial charge in [0, 0.05) is 13.2 Å². The van der Waals surface area contributed by atoms with Gasteiger partial charge >= 0.3 is 0 Å². The highest BCUT2D eigenvalue weighted by Gasteiger charge is 2.23. The topological polar surface area (TPSA) is 75.7 Å². The summed E-state index contributed by atoms with van der Waals surface area (Å²) in [5.74, 6) is -0.327. The summed E-state index contributed by atoms with van der Waals surface area (Å²) >= 11 is 0. The number of carbonyl (C=O) groups excluding carboxylic acids is 1. The molecular formula is C16H24N2O4S. The van der Waals surface area contributed by atoms with E-state index in [1.807, 2.05) is 19.9 Å². The molecule has 6 nitrogen and oxygen atoms in total. The maximum Gasteiger partial charge on any atom is 0.240 e. The van der Waals surface area contributed by atoms with Crippen molar-refractivity contribution in [2.75, 3.05) is 30.3 Å². The van der Waals surface area contributed by atoms with E-state index in [1.165, 1.54) is 0 Å². The van der Waals surface area contributed by atoms with Crippen molar-refractivity contribution < 1.29 is 17.9 Å². The number of carbonyl (C=O) groups is 1. The number of nitrogens with one attached hydrogen (secondary N) is 1. The Kier molecular flexibility index (Phi) is 5.64. The van der Waals surface area contributed by atoms with E-state index in [0.29, 0.717) is 12.2 Å². The fraction of sp³-hybridized carbons (Fsp3) is 0.562. The summed E-state index contributed by atoms with van der Waals surface area (Å²) < 4.78 is 30.8. The summed E-state index contributed by atoms with van der Waals surface area (Å²) in [7, 11) is -3.55. The number of anilines is 1. The van der Waals surface area contributed by atoms with E-state index in [0.717, 1.165) is 41.1 Å². The lowest BCUT2D eigenvalue weighted by atomic mass is 10.1. The predicted molar refractivity (Wildman–Crippen MR) is 90.1 cm³/mol. The molecule has 0 saturated carbocycles. The molecule has 1 saturated heterocycles. The molecule has 1 unspecified atom stereocenters. The van der Waals surface area contributed by atoms with E-state index in [-0.39, 0.29) is 18.6 Å². The van der Waals surface area contributed by atoms with Gasteiger partial charge in [0.05, 0.1) is 18.0 Å². The van der Waals surface area contributed by atoms with Gasteiger partial charge < -0.3 is 10.1 Å². The summed E-state index contributed by atoms with van der Waals surface area (Å²) in [6, 6.07) is 5.42. The zero-order valence-electron chi connectivity index (χ0n) is 13.8. The van der Waals surface area contributed by atoms with E-state index in [4.69, 9.17) is 4.74 Å². The molecule has 7 heteroatoms. The van der Waals surface area contributed by atoms with Crippen LogP contribution in [0.4, 0.5) is 5.69 Å². The molecule has 0 aromatic heterocycles. The van der Waals surface area contributed by atoms with E-state index in [1.54, 1.807) is 12.1 Å². The molecule has 0 radical (unpaired) electrons. The molecule has 0 spiro atoms. The summed E-state index contributed by atoms with van der Waals surface area (Å²) in [5, 5.41) is 2.76. The highest BCUT2D eigenvalue weighted by molar-refractivity contribution is 7.92. The van der Waals surface area contributed by atoms with Crippen molar-refractivity contribution in [2.24, 2.45) is 0 Å². The minimum Gasteiger partial charge on any atom is -0.376 e. The van der Waals surface area contributed by atoms with Crippen molar-refractivity contribution in [1.82, 2.24) is 5.32 Å². The SMILES string of the molecule is Cc1cccc(N(CC(=O)NCC2CCCO2)S(C)(=O)=O)c1C. The van der Waals surface area contributed by atoms with Crippen LogP contribution in [0.3, 0.4) is 0 Å². The number of nitrogens with zero attached hydrogens (tertiary/aromatic N) is 1. The number of rotatable bonds is 6. The maximum atomic E-state index is 12.2. The van der Waals surface area contributed by atoms with Crippen molar-refractivity contribution in [3.63, 3.8) is 0 Å². The minimum absolute atomic E-state index is 0.0336. The van der Waals surface area contributed by atoms with Crippen LogP contribution in [-0.4, -0.2) is 46.4 Å². The summed E-state index contributed by atoms with van der Waals surface area (Å²) in [5.41, 5.74) is 2.38. The second-order valence-electron chi connectivity index (χ2n) is 5.93. The highest BCUT2D eigenvalue weighted by atomic mass is 32.2. The van der Waals surface area contributed by atoms with Gasteiger partial charge in [-0.25, -0.2) is 8.42 Å². The van der Waals surface area contributed by atoms with Crippen molar-refractivity contribution in [3.8, 4) is 0 Å². The second kappa shape index (κ2) is 7.31. The van der Waals surface area contributed by atoms with E-state index >= 15 is 0 Å². The number of sulfonamides is 1. The zero-order chi connectivity index (χ0) is 17.0. The third kappa shape index (κ3) is 4.68. The molecular weight excluding hydrogens is 316 g/mol. The standard InChI is InChI=1S/C16H24N2O4S/c1-12-6-4-8-15(13(12)2)18(23(3,20)21)11-16(19)17-10-14-7-5-9-22-14/h4,6,8,14H,5,7,9-11H2,1-3H3,(H,17,19). The molecule has 1 aromatic rings. The van der Waals surface area contributed by atoms with Crippen LogP contribution in [0.5, 0.6) is 0 Å². The first-order valence-corrected chi connectivity index (χ1v) is 9.56. The molecule has 1 fully saturated rings. The fourth-order valence-electron chi connectivity index (χ4n) is 2.61. The van der Waals surface area contributed by atoms with E-state index in [9.17, 15) is 13.2 Å². The number of ether oxygens (including phenoxy) is 1. The van der Waals surface area contributed by atoms with Crippen LogP contribution in [0.15, 0.2) is 18.2 Å². The molecule has 0 aliphatic carbocycles. The average Bonchev–Trinajstić information content (AvgIpc) is 2.98. The van der Waals surface area contributed by atoms with Crippen LogP contribution in [0, 0.1) is 13.8 Å². The Hall–Kier alpha value is -1.60. The number of hydrogen-bond donors (Lipinski definition) is 1. The fourth-order valence-corrected chi connectivity index (χ4v) is 3.51. The third-order valence-electron chi connectivity index (χ3n) is 4.08. The molecule has 1 aliphatic rings. The molecule has 1 aromatic carbocycles. The Morgan fingerprint density at radius 2 is 2.13 bits per heavy atom. The van der Waals surface area contributed by atoms with Crippen LogP contribution in [0.1, 0.15) is 24.0 Å². The van der Waals surface area contributed by atoms with Gasteiger partial charge in [0.1, 0.15) is 6.54 Å². The number of hydrogen-bond acceptors (Lipinski definition) is 4. The molecule has 1 aliphatic heterocycles. The van der Waals surface area contributed by atoms with Gasteiger partial charge in [-0.1, -0.05) is 12.1 Å². The van der Waals surface area contributed by atoms with Gasteiger partial charge in [-0.3, -0.25) is 9.10 Å². The molecule has 23 heavy (non-hydrogen) atoms. The van der Waals surface area contributed by atoms with Crippen molar-refractivity contribution in [2.45, 2.75) is 32.8 Å². The van der Waals surface area contributed by atoms with Crippen LogP contribution < -0.4 is 9.62 Å². The maximum absolute atomic E-state index is 12.2. The van der Waals surface area contributed by atoms with Crippen LogP contribution in [0.2, 0.25) is 0 Å². The van der Waals surface area contributed by atoms with Gasteiger partial charge in [-0.2, -0.15) is 0 Å². The number of benzene rings is 1. The Bertz CT molecular complexity index is 667. The van der Waals surface area contributed by atoms with Crippen molar-refractivity contribution in [1.29, 1.82) is 0 Å². The van der Waals surface area contributed by atoms with Gasteiger partial charge in [0.2, 0.25) is 15.9 Å². The lowest BCUT2D eigenvalue weighted by Crippen LogP contribution is -2.42. The van der Waals surface area contributed by atoms with Crippen molar-refractivity contribution in [3.05, 3.63) is 29.3 Å². The van der Waals surface area contributed by atoms with Gasteiger partial charge in [-0.15, -0.1) is 0 Å². The molecule has 2 rings (SSSR count). The Morgan fingerprint density at radius 1 is 1.39 bits per heavy atom. The molecule has 1 atom stereocenters.